The highest BCUT2D eigenvalue weighted by Crippen LogP contribution is 2.41. The number of carbonyl (C=O) groups is 1. The van der Waals surface area contributed by atoms with Gasteiger partial charge in [-0.05, 0) is 43.2 Å². The van der Waals surface area contributed by atoms with E-state index in [1.54, 1.807) is 23.2 Å². The summed E-state index contributed by atoms with van der Waals surface area (Å²) in [4.78, 5) is 35.2. The van der Waals surface area contributed by atoms with Crippen molar-refractivity contribution in [1.82, 2.24) is 29.7 Å². The van der Waals surface area contributed by atoms with Crippen molar-refractivity contribution in [2.24, 2.45) is 0 Å². The van der Waals surface area contributed by atoms with Crippen molar-refractivity contribution in [2.75, 3.05) is 77.6 Å². The molecule has 266 valence electrons. The second-order valence-electron chi connectivity index (χ2n) is 14.0. The predicted molar refractivity (Wildman–Crippen MR) is 192 cm³/mol. The number of aromatic nitrogens is 3. The Morgan fingerprint density at radius 3 is 2.80 bits per heavy atom. The maximum Gasteiger partial charge on any atom is 0.319 e. The molecule has 4 aromatic rings. The molecule has 3 atom stereocenters. The molecule has 51 heavy (non-hydrogen) atoms. The van der Waals surface area contributed by atoms with E-state index >= 15 is 4.39 Å². The molecular formula is C38H40ClF2N7O3. The summed E-state index contributed by atoms with van der Waals surface area (Å²) >= 11 is 6.63. The van der Waals surface area contributed by atoms with Gasteiger partial charge in [0.05, 0.1) is 30.7 Å². The van der Waals surface area contributed by atoms with Crippen molar-refractivity contribution in [3.8, 4) is 29.1 Å². The van der Waals surface area contributed by atoms with E-state index in [1.165, 1.54) is 0 Å². The Balaban J connectivity index is 1.11. The Morgan fingerprint density at radius 1 is 1.14 bits per heavy atom. The maximum absolute atomic E-state index is 16.8. The Kier molecular flexibility index (Phi) is 9.40. The normalized spacial score (nSPS) is 23.8. The van der Waals surface area contributed by atoms with Crippen LogP contribution in [0.25, 0.3) is 32.9 Å². The molecule has 4 aliphatic rings. The van der Waals surface area contributed by atoms with Gasteiger partial charge in [0.25, 0.3) is 5.91 Å². The van der Waals surface area contributed by atoms with E-state index in [-0.39, 0.29) is 35.8 Å². The summed E-state index contributed by atoms with van der Waals surface area (Å²) in [6, 6.07) is 11.0. The third-order valence-electron chi connectivity index (χ3n) is 10.9. The van der Waals surface area contributed by atoms with Gasteiger partial charge in [0.15, 0.2) is 5.82 Å². The number of fused-ring (bicyclic) bond motifs is 3. The molecule has 0 saturated carbocycles. The minimum Gasteiger partial charge on any atom is -0.461 e. The number of hydrogen-bond donors (Lipinski definition) is 0. The number of alkyl halides is 1. The van der Waals surface area contributed by atoms with Gasteiger partial charge in [0, 0.05) is 74.4 Å². The summed E-state index contributed by atoms with van der Waals surface area (Å²) in [5.41, 5.74) is 0.296. The molecule has 2 aromatic carbocycles. The zero-order valence-electron chi connectivity index (χ0n) is 28.6. The van der Waals surface area contributed by atoms with Crippen molar-refractivity contribution < 1.29 is 23.0 Å². The van der Waals surface area contributed by atoms with Crippen molar-refractivity contribution >= 4 is 45.0 Å². The molecular weight excluding hydrogens is 676 g/mol. The van der Waals surface area contributed by atoms with Crippen molar-refractivity contribution in [2.45, 2.75) is 43.4 Å². The number of likely N-dealkylation sites (N-methyl/N-ethyl adjacent to an activating group) is 1. The van der Waals surface area contributed by atoms with Gasteiger partial charge in [-0.25, -0.2) is 8.78 Å². The summed E-state index contributed by atoms with van der Waals surface area (Å²) in [7, 11) is 1.88. The lowest BCUT2D eigenvalue weighted by molar-refractivity contribution is -0.124. The Bertz CT molecular complexity index is 2030. The molecule has 0 radical (unpaired) electrons. The minimum absolute atomic E-state index is 0.0137. The summed E-state index contributed by atoms with van der Waals surface area (Å²) in [6.45, 7) is 5.87. The van der Waals surface area contributed by atoms with E-state index in [9.17, 15) is 9.18 Å². The molecule has 4 saturated heterocycles. The van der Waals surface area contributed by atoms with E-state index < -0.39 is 17.5 Å². The quantitative estimate of drug-likeness (QED) is 0.247. The molecule has 0 unspecified atom stereocenters. The van der Waals surface area contributed by atoms with Gasteiger partial charge < -0.3 is 19.3 Å². The highest BCUT2D eigenvalue weighted by Gasteiger charge is 2.49. The molecule has 0 bridgehead atoms. The summed E-state index contributed by atoms with van der Waals surface area (Å²) in [6.07, 6.45) is 3.53. The third-order valence-corrected chi connectivity index (χ3v) is 11.2. The lowest BCUT2D eigenvalue weighted by atomic mass is 9.95. The van der Waals surface area contributed by atoms with Gasteiger partial charge in [-0.3, -0.25) is 19.6 Å². The average Bonchev–Trinajstić information content (AvgIpc) is 3.86. The average molecular weight is 716 g/mol. The molecule has 0 N–H and O–H groups in total. The number of halogens is 3. The van der Waals surface area contributed by atoms with Gasteiger partial charge in [-0.15, -0.1) is 0 Å². The molecule has 1 amide bonds. The zero-order chi connectivity index (χ0) is 35.1. The van der Waals surface area contributed by atoms with Crippen LogP contribution in [0.3, 0.4) is 0 Å². The van der Waals surface area contributed by atoms with Gasteiger partial charge in [-0.2, -0.15) is 9.97 Å². The van der Waals surface area contributed by atoms with Gasteiger partial charge in [0.2, 0.25) is 0 Å². The fourth-order valence-electron chi connectivity index (χ4n) is 8.16. The highest BCUT2D eigenvalue weighted by molar-refractivity contribution is 6.36. The predicted octanol–water partition coefficient (Wildman–Crippen LogP) is 4.97. The fraction of sp³-hybridized carbons (Fsp3) is 0.474. The maximum atomic E-state index is 16.8. The SMILES string of the molecule is CN(c1nc(OC[C@@]23CCCN2C[C@H](F)C3)nc2c(F)c(-c3cccc4cccc(Cl)c34)ncc12)[C@@H]1CCN(C(=O)C#CCN2CCOCC2)C1. The van der Waals surface area contributed by atoms with Crippen LogP contribution in [0.4, 0.5) is 14.6 Å². The molecule has 10 nitrogen and oxygen atoms in total. The van der Waals surface area contributed by atoms with Crippen LogP contribution >= 0.6 is 11.6 Å². The number of pyridine rings is 1. The summed E-state index contributed by atoms with van der Waals surface area (Å²) in [5, 5.41) is 2.47. The second-order valence-corrected chi connectivity index (χ2v) is 14.4. The summed E-state index contributed by atoms with van der Waals surface area (Å²) < 4.78 is 43.1. The second kappa shape index (κ2) is 14.1. The van der Waals surface area contributed by atoms with Crippen LogP contribution in [0, 0.1) is 17.7 Å². The Hall–Kier alpha value is -4.15. The van der Waals surface area contributed by atoms with Gasteiger partial charge in [-0.1, -0.05) is 47.9 Å². The summed E-state index contributed by atoms with van der Waals surface area (Å²) in [5.74, 6) is 5.44. The van der Waals surface area contributed by atoms with Crippen LogP contribution in [0.1, 0.15) is 25.7 Å². The number of likely N-dealkylation sites (tertiary alicyclic amines) is 1. The lowest BCUT2D eigenvalue weighted by Gasteiger charge is -2.31. The van der Waals surface area contributed by atoms with Crippen molar-refractivity contribution in [1.29, 1.82) is 0 Å². The van der Waals surface area contributed by atoms with Crippen molar-refractivity contribution in [3.63, 3.8) is 0 Å². The van der Waals surface area contributed by atoms with Gasteiger partial charge in [0.1, 0.15) is 29.8 Å². The zero-order valence-corrected chi connectivity index (χ0v) is 29.3. The smallest absolute Gasteiger partial charge is 0.319 e. The molecule has 13 heteroatoms. The number of rotatable bonds is 7. The Labute approximate surface area is 300 Å². The molecule has 2 aromatic heterocycles. The van der Waals surface area contributed by atoms with Crippen LogP contribution in [-0.2, 0) is 9.53 Å². The number of hydrogen-bond acceptors (Lipinski definition) is 9. The number of morpholine rings is 1. The van der Waals surface area contributed by atoms with E-state index in [4.69, 9.17) is 26.1 Å². The minimum atomic E-state index is -0.913. The highest BCUT2D eigenvalue weighted by atomic mass is 35.5. The standard InChI is InChI=1S/C38H40ClF2N7O3/c1-45(27-11-15-47(23-27)31(49)10-4-13-46-16-18-50-19-17-46)36-29-21-42-34(28-8-2-6-25-7-3-9-30(39)32(25)28)33(41)35(29)43-37(44-36)51-24-38-12-5-14-48(38)22-26(40)20-38/h2-3,6-9,21,26-27H,5,11-20,22-24H2,1H3/t26-,27-,38+/m1/s1. The van der Waals surface area contributed by atoms with Crippen LogP contribution < -0.4 is 9.64 Å². The molecule has 0 aliphatic carbocycles. The van der Waals surface area contributed by atoms with Crippen LogP contribution in [0.5, 0.6) is 6.01 Å². The van der Waals surface area contributed by atoms with Crippen LogP contribution in [0.15, 0.2) is 42.6 Å². The lowest BCUT2D eigenvalue weighted by Crippen LogP contribution is -2.43. The molecule has 4 aliphatic heterocycles. The fourth-order valence-corrected chi connectivity index (χ4v) is 8.45. The van der Waals surface area contributed by atoms with E-state index in [2.05, 4.69) is 31.6 Å². The van der Waals surface area contributed by atoms with E-state index in [0.717, 1.165) is 37.9 Å². The van der Waals surface area contributed by atoms with E-state index in [1.807, 2.05) is 36.2 Å². The first-order valence-electron chi connectivity index (χ1n) is 17.7. The van der Waals surface area contributed by atoms with Gasteiger partial charge >= 0.3 is 6.01 Å². The number of anilines is 1. The molecule has 4 fully saturated rings. The number of carbonyl (C=O) groups excluding carboxylic acids is 1. The molecule has 0 spiro atoms. The van der Waals surface area contributed by atoms with Crippen molar-refractivity contribution in [3.05, 3.63) is 53.4 Å². The largest absolute Gasteiger partial charge is 0.461 e. The number of ether oxygens (including phenoxy) is 2. The number of benzene rings is 2. The molecule has 6 heterocycles. The first-order chi connectivity index (χ1) is 24.8. The topological polar surface area (TPSA) is 87.2 Å². The molecule has 8 rings (SSSR count). The Morgan fingerprint density at radius 2 is 1.96 bits per heavy atom. The van der Waals surface area contributed by atoms with Crippen LogP contribution in [0.2, 0.25) is 5.02 Å². The first kappa shape index (κ1) is 34.0. The van der Waals surface area contributed by atoms with E-state index in [0.29, 0.717) is 79.4 Å². The third kappa shape index (κ3) is 6.57. The van der Waals surface area contributed by atoms with Crippen LogP contribution in [-0.4, -0.2) is 126 Å². The first-order valence-corrected chi connectivity index (χ1v) is 18.0. The number of amides is 1. The monoisotopic (exact) mass is 715 g/mol. The number of nitrogens with zero attached hydrogens (tertiary/aromatic N) is 7.